The highest BCUT2D eigenvalue weighted by atomic mass is 32.2. The fraction of sp³-hybridized carbons (Fsp3) is 0.857. The molecule has 0 aromatic heterocycles. The molecule has 84 valence electrons. The largest absolute Gasteiger partial charge is 0.355 e. The van der Waals surface area contributed by atoms with Gasteiger partial charge in [-0.05, 0) is 13.8 Å². The molecule has 0 saturated carbocycles. The summed E-state index contributed by atoms with van der Waals surface area (Å²) >= 11 is 0. The van der Waals surface area contributed by atoms with E-state index in [1.165, 1.54) is 6.92 Å². The van der Waals surface area contributed by atoms with E-state index < -0.39 is 10.2 Å². The number of hydrogen-bond acceptors (Lipinski definition) is 3. The highest BCUT2D eigenvalue weighted by Gasteiger charge is 2.09. The first-order chi connectivity index (χ1) is 6.33. The summed E-state index contributed by atoms with van der Waals surface area (Å²) in [6.07, 6.45) is 0. The van der Waals surface area contributed by atoms with Crippen molar-refractivity contribution in [3.8, 4) is 0 Å². The Hall–Kier alpha value is -0.660. The molecule has 3 N–H and O–H groups in total. The maximum absolute atomic E-state index is 11.2. The van der Waals surface area contributed by atoms with Gasteiger partial charge in [0.15, 0.2) is 0 Å². The number of rotatable bonds is 6. The molecule has 0 aliphatic carbocycles. The van der Waals surface area contributed by atoms with Gasteiger partial charge in [-0.3, -0.25) is 4.79 Å². The van der Waals surface area contributed by atoms with Crippen molar-refractivity contribution in [2.24, 2.45) is 0 Å². The van der Waals surface area contributed by atoms with Crippen molar-refractivity contribution < 1.29 is 13.2 Å². The van der Waals surface area contributed by atoms with E-state index in [2.05, 4.69) is 14.8 Å². The van der Waals surface area contributed by atoms with Gasteiger partial charge in [-0.2, -0.15) is 13.1 Å². The molecule has 0 fully saturated rings. The van der Waals surface area contributed by atoms with E-state index in [1.54, 1.807) is 13.8 Å². The van der Waals surface area contributed by atoms with Crippen LogP contribution in [-0.2, 0) is 15.0 Å². The molecule has 6 nitrogen and oxygen atoms in total. The van der Waals surface area contributed by atoms with Crippen LogP contribution in [0.1, 0.15) is 20.8 Å². The summed E-state index contributed by atoms with van der Waals surface area (Å²) in [5, 5.41) is 2.48. The number of carbonyl (C=O) groups excluding carboxylic acids is 1. The van der Waals surface area contributed by atoms with Crippen molar-refractivity contribution in [2.75, 3.05) is 13.1 Å². The molecule has 0 aliphatic heterocycles. The van der Waals surface area contributed by atoms with Gasteiger partial charge in [0.2, 0.25) is 5.91 Å². The first kappa shape index (κ1) is 13.3. The minimum Gasteiger partial charge on any atom is -0.355 e. The lowest BCUT2D eigenvalue weighted by molar-refractivity contribution is -0.118. The van der Waals surface area contributed by atoms with Crippen molar-refractivity contribution in [1.29, 1.82) is 0 Å². The van der Waals surface area contributed by atoms with Gasteiger partial charge >= 0.3 is 0 Å². The summed E-state index contributed by atoms with van der Waals surface area (Å²) in [7, 11) is -3.43. The van der Waals surface area contributed by atoms with Gasteiger partial charge in [0, 0.05) is 26.1 Å². The molecule has 7 heteroatoms. The predicted octanol–water partition coefficient (Wildman–Crippen LogP) is -1.05. The van der Waals surface area contributed by atoms with Gasteiger partial charge in [-0.25, -0.2) is 4.72 Å². The molecule has 0 heterocycles. The third kappa shape index (κ3) is 7.96. The first-order valence-corrected chi connectivity index (χ1v) is 5.83. The van der Waals surface area contributed by atoms with Crippen molar-refractivity contribution in [3.63, 3.8) is 0 Å². The lowest BCUT2D eigenvalue weighted by atomic mass is 10.4. The van der Waals surface area contributed by atoms with Gasteiger partial charge in [0.25, 0.3) is 10.2 Å². The van der Waals surface area contributed by atoms with E-state index in [1.807, 2.05) is 0 Å². The Balaban J connectivity index is 3.72. The molecule has 0 aromatic carbocycles. The second kappa shape index (κ2) is 5.94. The SMILES string of the molecule is CC(=O)NCCNS(=O)(=O)NC(C)C. The summed E-state index contributed by atoms with van der Waals surface area (Å²) in [5.74, 6) is -0.180. The van der Waals surface area contributed by atoms with Gasteiger partial charge in [0.1, 0.15) is 0 Å². The fourth-order valence-electron chi connectivity index (χ4n) is 0.776. The smallest absolute Gasteiger partial charge is 0.277 e. The van der Waals surface area contributed by atoms with Crippen LogP contribution in [0.2, 0.25) is 0 Å². The average molecular weight is 223 g/mol. The third-order valence-electron chi connectivity index (χ3n) is 1.18. The zero-order chi connectivity index (χ0) is 11.2. The maximum Gasteiger partial charge on any atom is 0.277 e. The Labute approximate surface area is 84.6 Å². The Bertz CT molecular complexity index is 274. The van der Waals surface area contributed by atoms with Crippen LogP contribution in [0, 0.1) is 0 Å². The van der Waals surface area contributed by atoms with Gasteiger partial charge in [0.05, 0.1) is 0 Å². The van der Waals surface area contributed by atoms with Crippen molar-refractivity contribution in [1.82, 2.24) is 14.8 Å². The highest BCUT2D eigenvalue weighted by molar-refractivity contribution is 7.87. The minimum atomic E-state index is -3.43. The zero-order valence-electron chi connectivity index (χ0n) is 8.62. The maximum atomic E-state index is 11.2. The Morgan fingerprint density at radius 1 is 1.29 bits per heavy atom. The van der Waals surface area contributed by atoms with Crippen LogP contribution in [0.25, 0.3) is 0 Å². The summed E-state index contributed by atoms with van der Waals surface area (Å²) in [5.41, 5.74) is 0. The Morgan fingerprint density at radius 3 is 2.29 bits per heavy atom. The molecule has 0 aromatic rings. The molecule has 0 unspecified atom stereocenters. The van der Waals surface area contributed by atoms with Crippen LogP contribution < -0.4 is 14.8 Å². The number of carbonyl (C=O) groups is 1. The van der Waals surface area contributed by atoms with Gasteiger partial charge in [-0.1, -0.05) is 0 Å². The van der Waals surface area contributed by atoms with Crippen LogP contribution in [0.15, 0.2) is 0 Å². The van der Waals surface area contributed by atoms with E-state index in [4.69, 9.17) is 0 Å². The summed E-state index contributed by atoms with van der Waals surface area (Å²) in [4.78, 5) is 10.4. The van der Waals surface area contributed by atoms with Crippen LogP contribution in [0.3, 0.4) is 0 Å². The van der Waals surface area contributed by atoms with Crippen LogP contribution in [0.4, 0.5) is 0 Å². The molecule has 0 radical (unpaired) electrons. The lowest BCUT2D eigenvalue weighted by Crippen LogP contribution is -2.43. The number of amides is 1. The fourth-order valence-corrected chi connectivity index (χ4v) is 1.85. The monoisotopic (exact) mass is 223 g/mol. The minimum absolute atomic E-state index is 0.145. The molecule has 1 amide bonds. The van der Waals surface area contributed by atoms with Gasteiger partial charge < -0.3 is 5.32 Å². The highest BCUT2D eigenvalue weighted by Crippen LogP contribution is 1.82. The van der Waals surface area contributed by atoms with Crippen LogP contribution in [-0.4, -0.2) is 33.5 Å². The van der Waals surface area contributed by atoms with E-state index in [9.17, 15) is 13.2 Å². The van der Waals surface area contributed by atoms with Crippen LogP contribution >= 0.6 is 0 Å². The molecule has 0 spiro atoms. The standard InChI is InChI=1S/C7H17N3O3S/c1-6(2)10-14(12,13)9-5-4-8-7(3)11/h6,9-10H,4-5H2,1-3H3,(H,8,11). The zero-order valence-corrected chi connectivity index (χ0v) is 9.44. The third-order valence-corrected chi connectivity index (χ3v) is 2.55. The summed E-state index contributed by atoms with van der Waals surface area (Å²) < 4.78 is 26.9. The Morgan fingerprint density at radius 2 is 1.86 bits per heavy atom. The van der Waals surface area contributed by atoms with E-state index >= 15 is 0 Å². The van der Waals surface area contributed by atoms with Crippen molar-refractivity contribution in [2.45, 2.75) is 26.8 Å². The summed E-state index contributed by atoms with van der Waals surface area (Å²) in [6, 6.07) is -0.145. The topological polar surface area (TPSA) is 87.3 Å². The quantitative estimate of drug-likeness (QED) is 0.502. The lowest BCUT2D eigenvalue weighted by Gasteiger charge is -2.10. The van der Waals surface area contributed by atoms with Gasteiger partial charge in [-0.15, -0.1) is 0 Å². The molecule has 0 atom stereocenters. The first-order valence-electron chi connectivity index (χ1n) is 4.35. The number of nitrogens with one attached hydrogen (secondary N) is 3. The summed E-state index contributed by atoms with van der Waals surface area (Å²) in [6.45, 7) is 5.30. The second-order valence-corrected chi connectivity index (χ2v) is 4.68. The molecular weight excluding hydrogens is 206 g/mol. The van der Waals surface area contributed by atoms with Crippen molar-refractivity contribution >= 4 is 16.1 Å². The molecule has 0 aliphatic rings. The normalized spacial score (nSPS) is 11.7. The van der Waals surface area contributed by atoms with E-state index in [0.29, 0.717) is 0 Å². The average Bonchev–Trinajstić information content (AvgIpc) is 1.95. The number of hydrogen-bond donors (Lipinski definition) is 3. The van der Waals surface area contributed by atoms with Crippen LogP contribution in [0.5, 0.6) is 0 Å². The molecule has 0 rings (SSSR count). The molecular formula is C7H17N3O3S. The van der Waals surface area contributed by atoms with E-state index in [-0.39, 0.29) is 25.0 Å². The van der Waals surface area contributed by atoms with E-state index in [0.717, 1.165) is 0 Å². The molecule has 0 bridgehead atoms. The predicted molar refractivity (Wildman–Crippen MR) is 53.9 cm³/mol. The molecule has 14 heavy (non-hydrogen) atoms. The molecule has 0 saturated heterocycles. The second-order valence-electron chi connectivity index (χ2n) is 3.15. The Kier molecular flexibility index (Phi) is 5.66. The van der Waals surface area contributed by atoms with Crippen molar-refractivity contribution in [3.05, 3.63) is 0 Å².